The monoisotopic (exact) mass is 132 g/mol. The van der Waals surface area contributed by atoms with Crippen molar-refractivity contribution in [2.45, 2.75) is 13.0 Å². The summed E-state index contributed by atoms with van der Waals surface area (Å²) in [5.41, 5.74) is 0. The maximum Gasteiger partial charge on any atom is 0.0388 e. The Balaban J connectivity index is 3.38. The molecular weight excluding hydrogens is 116 g/mol. The van der Waals surface area contributed by atoms with Crippen molar-refractivity contribution >= 4 is 0 Å². The highest BCUT2D eigenvalue weighted by Crippen LogP contribution is 1.91. The SMILES string of the molecule is CC(CN(C)O)N(C)C. The molecule has 3 nitrogen and oxygen atoms in total. The second kappa shape index (κ2) is 3.82. The van der Waals surface area contributed by atoms with Crippen molar-refractivity contribution in [1.82, 2.24) is 9.96 Å². The van der Waals surface area contributed by atoms with Crippen LogP contribution in [-0.4, -0.2) is 48.9 Å². The molecule has 0 amide bonds. The van der Waals surface area contributed by atoms with Gasteiger partial charge in [0, 0.05) is 19.6 Å². The molecule has 0 aromatic rings. The van der Waals surface area contributed by atoms with Gasteiger partial charge in [-0.3, -0.25) is 0 Å². The minimum Gasteiger partial charge on any atom is -0.314 e. The molecule has 9 heavy (non-hydrogen) atoms. The molecule has 56 valence electrons. The zero-order valence-corrected chi connectivity index (χ0v) is 6.63. The van der Waals surface area contributed by atoms with Crippen molar-refractivity contribution < 1.29 is 5.21 Å². The lowest BCUT2D eigenvalue weighted by Crippen LogP contribution is -2.34. The van der Waals surface area contributed by atoms with Gasteiger partial charge in [0.1, 0.15) is 0 Å². The minimum atomic E-state index is 0.403. The molecule has 0 aliphatic rings. The van der Waals surface area contributed by atoms with Gasteiger partial charge in [-0.25, -0.2) is 0 Å². The van der Waals surface area contributed by atoms with Crippen molar-refractivity contribution in [1.29, 1.82) is 0 Å². The van der Waals surface area contributed by atoms with E-state index in [1.807, 2.05) is 14.1 Å². The fourth-order valence-corrected chi connectivity index (χ4v) is 0.546. The zero-order chi connectivity index (χ0) is 7.44. The average molecular weight is 132 g/mol. The smallest absolute Gasteiger partial charge is 0.0388 e. The Kier molecular flexibility index (Phi) is 3.77. The number of hydrogen-bond acceptors (Lipinski definition) is 3. The van der Waals surface area contributed by atoms with Crippen molar-refractivity contribution in [3.05, 3.63) is 0 Å². The van der Waals surface area contributed by atoms with Gasteiger partial charge in [0.15, 0.2) is 0 Å². The van der Waals surface area contributed by atoms with Crippen molar-refractivity contribution in [2.75, 3.05) is 27.7 Å². The van der Waals surface area contributed by atoms with Crippen LogP contribution in [0.15, 0.2) is 0 Å². The van der Waals surface area contributed by atoms with Crippen molar-refractivity contribution in [3.63, 3.8) is 0 Å². The molecule has 0 aromatic heterocycles. The largest absolute Gasteiger partial charge is 0.314 e. The molecule has 0 rings (SSSR count). The normalized spacial score (nSPS) is 15.0. The van der Waals surface area contributed by atoms with E-state index in [0.717, 1.165) is 0 Å². The Morgan fingerprint density at radius 2 is 1.78 bits per heavy atom. The molecule has 1 atom stereocenters. The van der Waals surface area contributed by atoms with E-state index in [0.29, 0.717) is 12.6 Å². The number of hydrogen-bond donors (Lipinski definition) is 1. The summed E-state index contributed by atoms with van der Waals surface area (Å²) >= 11 is 0. The summed E-state index contributed by atoms with van der Waals surface area (Å²) in [7, 11) is 5.64. The molecule has 0 saturated heterocycles. The molecule has 0 aliphatic heterocycles. The molecule has 1 unspecified atom stereocenters. The Morgan fingerprint density at radius 3 is 1.89 bits per heavy atom. The number of likely N-dealkylation sites (N-methyl/N-ethyl adjacent to an activating group) is 2. The fourth-order valence-electron chi connectivity index (χ4n) is 0.546. The lowest BCUT2D eigenvalue weighted by atomic mass is 10.3. The van der Waals surface area contributed by atoms with Crippen LogP contribution in [0.25, 0.3) is 0 Å². The minimum absolute atomic E-state index is 0.403. The molecule has 1 N–H and O–H groups in total. The van der Waals surface area contributed by atoms with Gasteiger partial charge < -0.3 is 10.1 Å². The van der Waals surface area contributed by atoms with E-state index in [1.54, 1.807) is 7.05 Å². The van der Waals surface area contributed by atoms with Crippen LogP contribution in [0.2, 0.25) is 0 Å². The molecule has 0 fully saturated rings. The van der Waals surface area contributed by atoms with E-state index in [1.165, 1.54) is 5.06 Å². The molecular formula is C6H16N2O. The summed E-state index contributed by atoms with van der Waals surface area (Å²) in [5, 5.41) is 9.98. The van der Waals surface area contributed by atoms with Crippen molar-refractivity contribution in [3.8, 4) is 0 Å². The molecule has 0 bridgehead atoms. The Morgan fingerprint density at radius 1 is 1.33 bits per heavy atom. The summed E-state index contributed by atoms with van der Waals surface area (Å²) in [5.74, 6) is 0. The highest BCUT2D eigenvalue weighted by atomic mass is 16.5. The van der Waals surface area contributed by atoms with E-state index in [4.69, 9.17) is 5.21 Å². The van der Waals surface area contributed by atoms with Crippen molar-refractivity contribution in [2.24, 2.45) is 0 Å². The van der Waals surface area contributed by atoms with Crippen LogP contribution >= 0.6 is 0 Å². The maximum atomic E-state index is 8.78. The van der Waals surface area contributed by atoms with E-state index in [2.05, 4.69) is 11.8 Å². The third-order valence-corrected chi connectivity index (χ3v) is 1.41. The first-order valence-electron chi connectivity index (χ1n) is 3.10. The molecule has 0 aliphatic carbocycles. The average Bonchev–Trinajstić information content (AvgIpc) is 1.63. The molecule has 0 saturated carbocycles. The van der Waals surface area contributed by atoms with Crippen LogP contribution in [0.4, 0.5) is 0 Å². The number of nitrogens with zero attached hydrogens (tertiary/aromatic N) is 2. The van der Waals surface area contributed by atoms with Gasteiger partial charge in [0.25, 0.3) is 0 Å². The van der Waals surface area contributed by atoms with Crippen LogP contribution < -0.4 is 0 Å². The quantitative estimate of drug-likeness (QED) is 0.558. The predicted octanol–water partition coefficient (Wildman–Crippen LogP) is 0.257. The molecule has 3 heteroatoms. The summed E-state index contributed by atoms with van der Waals surface area (Å²) < 4.78 is 0. The lowest BCUT2D eigenvalue weighted by molar-refractivity contribution is -0.0767. The Bertz CT molecular complexity index is 73.5. The van der Waals surface area contributed by atoms with E-state index in [9.17, 15) is 0 Å². The topological polar surface area (TPSA) is 26.7 Å². The lowest BCUT2D eigenvalue weighted by Gasteiger charge is -2.21. The van der Waals surface area contributed by atoms with Gasteiger partial charge >= 0.3 is 0 Å². The number of rotatable bonds is 3. The van der Waals surface area contributed by atoms with Gasteiger partial charge in [0.2, 0.25) is 0 Å². The summed E-state index contributed by atoms with van der Waals surface area (Å²) in [6.45, 7) is 2.75. The standard InChI is InChI=1S/C6H16N2O/c1-6(7(2)3)5-8(4)9/h6,9H,5H2,1-4H3. The maximum absolute atomic E-state index is 8.78. The second-order valence-electron chi connectivity index (χ2n) is 2.65. The summed E-state index contributed by atoms with van der Waals surface area (Å²) in [6, 6.07) is 0.403. The van der Waals surface area contributed by atoms with E-state index < -0.39 is 0 Å². The van der Waals surface area contributed by atoms with Crippen LogP contribution in [0.3, 0.4) is 0 Å². The van der Waals surface area contributed by atoms with Gasteiger partial charge in [0.05, 0.1) is 0 Å². The third kappa shape index (κ3) is 4.39. The van der Waals surface area contributed by atoms with Gasteiger partial charge in [-0.15, -0.1) is 0 Å². The molecule has 0 aromatic carbocycles. The zero-order valence-electron chi connectivity index (χ0n) is 6.63. The highest BCUT2D eigenvalue weighted by Gasteiger charge is 2.04. The fraction of sp³-hybridized carbons (Fsp3) is 1.00. The Hall–Kier alpha value is -0.120. The van der Waals surface area contributed by atoms with E-state index >= 15 is 0 Å². The van der Waals surface area contributed by atoms with E-state index in [-0.39, 0.29) is 0 Å². The molecule has 0 radical (unpaired) electrons. The second-order valence-corrected chi connectivity index (χ2v) is 2.65. The van der Waals surface area contributed by atoms with Crippen LogP contribution in [0.1, 0.15) is 6.92 Å². The summed E-state index contributed by atoms with van der Waals surface area (Å²) in [6.07, 6.45) is 0. The summed E-state index contributed by atoms with van der Waals surface area (Å²) in [4.78, 5) is 2.06. The molecule has 0 spiro atoms. The van der Waals surface area contributed by atoms with Crippen LogP contribution in [-0.2, 0) is 0 Å². The Labute approximate surface area is 56.8 Å². The van der Waals surface area contributed by atoms with Gasteiger partial charge in [-0.1, -0.05) is 0 Å². The highest BCUT2D eigenvalue weighted by molar-refractivity contribution is 4.59. The van der Waals surface area contributed by atoms with Crippen LogP contribution in [0.5, 0.6) is 0 Å². The van der Waals surface area contributed by atoms with Gasteiger partial charge in [-0.2, -0.15) is 5.06 Å². The van der Waals surface area contributed by atoms with Crippen LogP contribution in [0, 0.1) is 0 Å². The van der Waals surface area contributed by atoms with Gasteiger partial charge in [-0.05, 0) is 21.0 Å². The first kappa shape index (κ1) is 8.88. The first-order valence-corrected chi connectivity index (χ1v) is 3.10. The predicted molar refractivity (Wildman–Crippen MR) is 37.6 cm³/mol. The first-order chi connectivity index (χ1) is 4.04. The number of hydroxylamine groups is 2. The third-order valence-electron chi connectivity index (χ3n) is 1.41. The molecule has 0 heterocycles.